The van der Waals surface area contributed by atoms with Crippen LogP contribution >= 0.6 is 0 Å². The maximum absolute atomic E-state index is 7.62. The van der Waals surface area contributed by atoms with Crippen molar-refractivity contribution in [3.05, 3.63) is 24.5 Å². The number of hydrogen-bond acceptors (Lipinski definition) is 3. The van der Waals surface area contributed by atoms with Gasteiger partial charge < -0.3 is 15.3 Å². The summed E-state index contributed by atoms with van der Waals surface area (Å²) >= 11 is 0. The Labute approximate surface area is 93.8 Å². The molecule has 2 N–H and O–H groups in total. The van der Waals surface area contributed by atoms with Crippen molar-refractivity contribution < 1.29 is 0 Å². The number of H-pyrrole nitrogens is 1. The van der Waals surface area contributed by atoms with Gasteiger partial charge in [0.2, 0.25) is 0 Å². The van der Waals surface area contributed by atoms with E-state index in [0.717, 1.165) is 42.7 Å². The van der Waals surface area contributed by atoms with Crippen molar-refractivity contribution in [2.24, 2.45) is 0 Å². The molecule has 0 atom stereocenters. The van der Waals surface area contributed by atoms with Gasteiger partial charge in [0, 0.05) is 44.0 Å². The van der Waals surface area contributed by atoms with Gasteiger partial charge in [0.1, 0.15) is 5.52 Å². The van der Waals surface area contributed by atoms with E-state index in [9.17, 15) is 0 Å². The van der Waals surface area contributed by atoms with Gasteiger partial charge in [0.15, 0.2) is 0 Å². The normalized spacial score (nSPS) is 17.0. The first-order chi connectivity index (χ1) is 7.84. The molecule has 2 aromatic heterocycles. The summed E-state index contributed by atoms with van der Waals surface area (Å²) in [6, 6.07) is 3.98. The number of rotatable bonds is 1. The number of pyridine rings is 1. The lowest BCUT2D eigenvalue weighted by molar-refractivity contribution is 0.757. The first-order valence-electron chi connectivity index (χ1n) is 5.58. The first kappa shape index (κ1) is 9.39. The molecule has 1 fully saturated rings. The summed E-state index contributed by atoms with van der Waals surface area (Å²) in [4.78, 5) is 9.96. The van der Waals surface area contributed by atoms with Crippen LogP contribution in [0, 0.1) is 5.41 Å². The third-order valence-electron chi connectivity index (χ3n) is 3.12. The summed E-state index contributed by atoms with van der Waals surface area (Å²) in [7, 11) is 0. The Hall–Kier alpha value is -1.84. The second-order valence-electron chi connectivity index (χ2n) is 4.16. The molecular weight excluding hydrogens is 200 g/mol. The maximum atomic E-state index is 7.62. The molecule has 0 radical (unpaired) electrons. The SMILES string of the molecule is N=C1CCN(c2c[nH]c3cccnc23)CC1. The number of nitrogens with one attached hydrogen (secondary N) is 2. The van der Waals surface area contributed by atoms with Crippen molar-refractivity contribution in [2.45, 2.75) is 12.8 Å². The third-order valence-corrected chi connectivity index (χ3v) is 3.12. The van der Waals surface area contributed by atoms with Crippen molar-refractivity contribution in [1.82, 2.24) is 9.97 Å². The number of fused-ring (bicyclic) bond motifs is 1. The number of nitrogens with zero attached hydrogens (tertiary/aromatic N) is 2. The second kappa shape index (κ2) is 3.63. The Bertz CT molecular complexity index is 519. The highest BCUT2D eigenvalue weighted by Gasteiger charge is 2.17. The average Bonchev–Trinajstić information content (AvgIpc) is 2.74. The zero-order valence-electron chi connectivity index (χ0n) is 9.03. The number of aromatic nitrogens is 2. The molecule has 0 saturated carbocycles. The topological polar surface area (TPSA) is 55.8 Å². The van der Waals surface area contributed by atoms with Gasteiger partial charge in [-0.1, -0.05) is 0 Å². The number of aromatic amines is 1. The molecule has 0 unspecified atom stereocenters. The van der Waals surface area contributed by atoms with Crippen LogP contribution < -0.4 is 4.90 Å². The zero-order chi connectivity index (χ0) is 11.0. The molecule has 0 bridgehead atoms. The molecule has 1 aliphatic rings. The van der Waals surface area contributed by atoms with E-state index in [4.69, 9.17) is 5.41 Å². The minimum absolute atomic E-state index is 0.865. The lowest BCUT2D eigenvalue weighted by Gasteiger charge is -2.28. The van der Waals surface area contributed by atoms with E-state index >= 15 is 0 Å². The fraction of sp³-hybridized carbons (Fsp3) is 0.333. The van der Waals surface area contributed by atoms with E-state index in [-0.39, 0.29) is 0 Å². The molecule has 3 heterocycles. The molecule has 0 amide bonds. The van der Waals surface area contributed by atoms with E-state index < -0.39 is 0 Å². The molecule has 2 aromatic rings. The molecule has 4 heteroatoms. The predicted molar refractivity (Wildman–Crippen MR) is 65.3 cm³/mol. The molecule has 0 aromatic carbocycles. The number of hydrogen-bond donors (Lipinski definition) is 2. The maximum Gasteiger partial charge on any atom is 0.111 e. The van der Waals surface area contributed by atoms with Gasteiger partial charge in [-0.2, -0.15) is 0 Å². The van der Waals surface area contributed by atoms with Gasteiger partial charge in [-0.05, 0) is 12.1 Å². The van der Waals surface area contributed by atoms with Crippen LogP contribution in [0.1, 0.15) is 12.8 Å². The van der Waals surface area contributed by atoms with Crippen LogP contribution in [0.25, 0.3) is 11.0 Å². The Kier molecular flexibility index (Phi) is 2.13. The van der Waals surface area contributed by atoms with Gasteiger partial charge >= 0.3 is 0 Å². The van der Waals surface area contributed by atoms with E-state index in [2.05, 4.69) is 14.9 Å². The molecule has 0 aliphatic carbocycles. The monoisotopic (exact) mass is 214 g/mol. The number of piperidine rings is 1. The molecule has 1 saturated heterocycles. The Balaban J connectivity index is 1.97. The van der Waals surface area contributed by atoms with Crippen LogP contribution in [0.2, 0.25) is 0 Å². The van der Waals surface area contributed by atoms with Crippen molar-refractivity contribution in [1.29, 1.82) is 5.41 Å². The van der Waals surface area contributed by atoms with E-state index in [1.165, 1.54) is 5.69 Å². The molecule has 1 aliphatic heterocycles. The van der Waals surface area contributed by atoms with Gasteiger partial charge in [-0.15, -0.1) is 0 Å². The molecule has 4 nitrogen and oxygen atoms in total. The van der Waals surface area contributed by atoms with Gasteiger partial charge in [0.25, 0.3) is 0 Å². The van der Waals surface area contributed by atoms with E-state index in [1.807, 2.05) is 24.5 Å². The van der Waals surface area contributed by atoms with Crippen LogP contribution in [0.5, 0.6) is 0 Å². The lowest BCUT2D eigenvalue weighted by Crippen LogP contribution is -2.33. The fourth-order valence-electron chi connectivity index (χ4n) is 2.20. The third kappa shape index (κ3) is 1.46. The standard InChI is InChI=1S/C12H14N4/c13-9-3-6-16(7-4-9)11-8-15-10-2-1-5-14-12(10)11/h1-2,5,8,13,15H,3-4,6-7H2. The van der Waals surface area contributed by atoms with Crippen molar-refractivity contribution in [2.75, 3.05) is 18.0 Å². The predicted octanol–water partition coefficient (Wildman–Crippen LogP) is 2.18. The van der Waals surface area contributed by atoms with Crippen molar-refractivity contribution >= 4 is 22.4 Å². The fourth-order valence-corrected chi connectivity index (χ4v) is 2.20. The average molecular weight is 214 g/mol. The van der Waals surface area contributed by atoms with Crippen LogP contribution in [0.3, 0.4) is 0 Å². The summed E-state index contributed by atoms with van der Waals surface area (Å²) in [5.41, 5.74) is 4.15. The van der Waals surface area contributed by atoms with Crippen molar-refractivity contribution in [3.63, 3.8) is 0 Å². The van der Waals surface area contributed by atoms with E-state index in [1.54, 1.807) is 0 Å². The number of anilines is 1. The quantitative estimate of drug-likeness (QED) is 0.764. The Morgan fingerprint density at radius 3 is 2.94 bits per heavy atom. The zero-order valence-corrected chi connectivity index (χ0v) is 9.03. The van der Waals surface area contributed by atoms with Gasteiger partial charge in [-0.25, -0.2) is 0 Å². The lowest BCUT2D eigenvalue weighted by atomic mass is 10.1. The molecular formula is C12H14N4. The largest absolute Gasteiger partial charge is 0.368 e. The smallest absolute Gasteiger partial charge is 0.111 e. The van der Waals surface area contributed by atoms with Crippen LogP contribution in [0.15, 0.2) is 24.5 Å². The molecule has 0 spiro atoms. The molecule has 16 heavy (non-hydrogen) atoms. The highest BCUT2D eigenvalue weighted by molar-refractivity contribution is 5.90. The second-order valence-corrected chi connectivity index (χ2v) is 4.16. The van der Waals surface area contributed by atoms with Gasteiger partial charge in [-0.3, -0.25) is 4.98 Å². The van der Waals surface area contributed by atoms with Crippen LogP contribution in [-0.4, -0.2) is 28.8 Å². The minimum atomic E-state index is 0.865. The van der Waals surface area contributed by atoms with Gasteiger partial charge in [0.05, 0.1) is 11.2 Å². The molecule has 82 valence electrons. The summed E-state index contributed by atoms with van der Waals surface area (Å²) < 4.78 is 0. The van der Waals surface area contributed by atoms with Crippen molar-refractivity contribution in [3.8, 4) is 0 Å². The van der Waals surface area contributed by atoms with Crippen LogP contribution in [0.4, 0.5) is 5.69 Å². The summed E-state index contributed by atoms with van der Waals surface area (Å²) in [6.07, 6.45) is 5.59. The highest BCUT2D eigenvalue weighted by atomic mass is 15.2. The summed E-state index contributed by atoms with van der Waals surface area (Å²) in [6.45, 7) is 1.87. The minimum Gasteiger partial charge on any atom is -0.368 e. The Morgan fingerprint density at radius 1 is 1.31 bits per heavy atom. The summed E-state index contributed by atoms with van der Waals surface area (Å²) in [5, 5.41) is 7.62. The Morgan fingerprint density at radius 2 is 2.12 bits per heavy atom. The summed E-state index contributed by atoms with van der Waals surface area (Å²) in [5.74, 6) is 0. The highest BCUT2D eigenvalue weighted by Crippen LogP contribution is 2.26. The molecule has 3 rings (SSSR count). The first-order valence-corrected chi connectivity index (χ1v) is 5.58. The van der Waals surface area contributed by atoms with E-state index in [0.29, 0.717) is 0 Å². The van der Waals surface area contributed by atoms with Crippen LogP contribution in [-0.2, 0) is 0 Å².